The van der Waals surface area contributed by atoms with Gasteiger partial charge in [0.15, 0.2) is 0 Å². The molecule has 0 aromatic heterocycles. The first kappa shape index (κ1) is 19.1. The molecule has 0 fully saturated rings. The Kier molecular flexibility index (Phi) is 5.49. The predicted molar refractivity (Wildman–Crippen MR) is 115 cm³/mol. The zero-order valence-corrected chi connectivity index (χ0v) is 17.4. The lowest BCUT2D eigenvalue weighted by Gasteiger charge is -2.30. The monoisotopic (exact) mass is 454 g/mol. The molecule has 0 bridgehead atoms. The Hall–Kier alpha value is -2.21. The molecule has 5 heteroatoms. The molecular formula is C23H19BrO3S. The molecule has 0 saturated carbocycles. The van der Waals surface area contributed by atoms with Gasteiger partial charge in [-0.15, -0.1) is 0 Å². The van der Waals surface area contributed by atoms with Crippen LogP contribution in [0.25, 0.3) is 6.08 Å². The maximum atomic E-state index is 12.7. The molecule has 4 rings (SSSR count). The maximum Gasteiger partial charge on any atom is 0.296 e. The van der Waals surface area contributed by atoms with Crippen molar-refractivity contribution in [3.8, 4) is 0 Å². The van der Waals surface area contributed by atoms with Gasteiger partial charge in [0, 0.05) is 16.3 Å². The zero-order valence-electron chi connectivity index (χ0n) is 15.0. The van der Waals surface area contributed by atoms with Gasteiger partial charge < -0.3 is 0 Å². The highest BCUT2D eigenvalue weighted by molar-refractivity contribution is 9.10. The molecule has 0 aliphatic heterocycles. The summed E-state index contributed by atoms with van der Waals surface area (Å²) in [6, 6.07) is 24.7. The van der Waals surface area contributed by atoms with Crippen LogP contribution in [-0.4, -0.2) is 15.0 Å². The van der Waals surface area contributed by atoms with Gasteiger partial charge in [-0.25, -0.2) is 0 Å². The summed E-state index contributed by atoms with van der Waals surface area (Å²) in [7, 11) is -3.83. The Balaban J connectivity index is 1.64. The average molecular weight is 455 g/mol. The van der Waals surface area contributed by atoms with Gasteiger partial charge in [0.1, 0.15) is 0 Å². The highest BCUT2D eigenvalue weighted by atomic mass is 79.9. The van der Waals surface area contributed by atoms with E-state index >= 15 is 0 Å². The van der Waals surface area contributed by atoms with Gasteiger partial charge in [-0.2, -0.15) is 8.42 Å². The fraction of sp³-hybridized carbons (Fsp3) is 0.130. The molecule has 3 nitrogen and oxygen atoms in total. The van der Waals surface area contributed by atoms with E-state index in [2.05, 4.69) is 46.3 Å². The van der Waals surface area contributed by atoms with Gasteiger partial charge in [-0.1, -0.05) is 82.7 Å². The summed E-state index contributed by atoms with van der Waals surface area (Å²) >= 11 is 3.32. The highest BCUT2D eigenvalue weighted by Crippen LogP contribution is 2.40. The minimum atomic E-state index is -3.83. The minimum absolute atomic E-state index is 0.0521. The van der Waals surface area contributed by atoms with Gasteiger partial charge in [0.25, 0.3) is 10.1 Å². The second-order valence-corrected chi connectivity index (χ2v) is 9.25. The van der Waals surface area contributed by atoms with Crippen LogP contribution in [0.3, 0.4) is 0 Å². The van der Waals surface area contributed by atoms with E-state index < -0.39 is 10.1 Å². The van der Waals surface area contributed by atoms with Crippen molar-refractivity contribution in [3.05, 3.63) is 106 Å². The summed E-state index contributed by atoms with van der Waals surface area (Å²) in [5.74, 6) is -0.0370. The van der Waals surface area contributed by atoms with Crippen LogP contribution in [0.5, 0.6) is 0 Å². The van der Waals surface area contributed by atoms with Crippen molar-refractivity contribution in [2.45, 2.75) is 16.7 Å². The highest BCUT2D eigenvalue weighted by Gasteiger charge is 2.29. The summed E-state index contributed by atoms with van der Waals surface area (Å²) < 4.78 is 31.7. The first-order chi connectivity index (χ1) is 13.5. The summed E-state index contributed by atoms with van der Waals surface area (Å²) in [4.78, 5) is 0.159. The van der Waals surface area contributed by atoms with Gasteiger partial charge >= 0.3 is 0 Å². The van der Waals surface area contributed by atoms with Crippen molar-refractivity contribution in [3.63, 3.8) is 0 Å². The molecule has 1 aliphatic carbocycles. The molecule has 0 heterocycles. The number of fused-ring (bicyclic) bond motifs is 1. The molecule has 0 N–H and O–H groups in total. The topological polar surface area (TPSA) is 43.4 Å². The third kappa shape index (κ3) is 3.97. The first-order valence-corrected chi connectivity index (χ1v) is 11.2. The Morgan fingerprint density at radius 2 is 1.54 bits per heavy atom. The Labute approximate surface area is 173 Å². The first-order valence-electron chi connectivity index (χ1n) is 9.02. The summed E-state index contributed by atoms with van der Waals surface area (Å²) in [6.45, 7) is 0.0827. The quantitative estimate of drug-likeness (QED) is 0.461. The average Bonchev–Trinajstić information content (AvgIpc) is 2.73. The fourth-order valence-corrected chi connectivity index (χ4v) is 4.78. The maximum absolute atomic E-state index is 12.7. The normalized spacial score (nSPS) is 18.6. The largest absolute Gasteiger partial charge is 0.296 e. The number of halogens is 1. The Morgan fingerprint density at radius 1 is 0.857 bits per heavy atom. The molecule has 0 spiro atoms. The van der Waals surface area contributed by atoms with Crippen LogP contribution in [0.4, 0.5) is 0 Å². The molecular weight excluding hydrogens is 436 g/mol. The fourth-order valence-electron chi connectivity index (χ4n) is 3.58. The second-order valence-electron chi connectivity index (χ2n) is 6.72. The number of hydrogen-bond acceptors (Lipinski definition) is 3. The van der Waals surface area contributed by atoms with Crippen LogP contribution in [-0.2, 0) is 14.3 Å². The lowest BCUT2D eigenvalue weighted by atomic mass is 9.76. The van der Waals surface area contributed by atoms with E-state index in [1.54, 1.807) is 24.3 Å². The molecule has 3 aromatic rings. The Morgan fingerprint density at radius 3 is 2.29 bits per heavy atom. The van der Waals surface area contributed by atoms with E-state index in [-0.39, 0.29) is 23.3 Å². The van der Waals surface area contributed by atoms with Crippen molar-refractivity contribution in [2.75, 3.05) is 6.61 Å². The molecule has 0 radical (unpaired) electrons. The number of allylic oxidation sites excluding steroid dienone is 1. The van der Waals surface area contributed by atoms with Crippen LogP contribution in [0.2, 0.25) is 0 Å². The van der Waals surface area contributed by atoms with Crippen LogP contribution in [0.1, 0.15) is 28.5 Å². The van der Waals surface area contributed by atoms with Crippen molar-refractivity contribution in [1.29, 1.82) is 0 Å². The SMILES string of the molecule is O=S(=O)(OC[C@H]1c2ccccc2C=C[C@@H]1c1ccccc1)c1ccc(Br)cc1. The van der Waals surface area contributed by atoms with Gasteiger partial charge in [-0.3, -0.25) is 4.18 Å². The summed E-state index contributed by atoms with van der Waals surface area (Å²) in [5.41, 5.74) is 3.34. The van der Waals surface area contributed by atoms with E-state index in [0.717, 1.165) is 21.2 Å². The van der Waals surface area contributed by atoms with Crippen molar-refractivity contribution < 1.29 is 12.6 Å². The lowest BCUT2D eigenvalue weighted by molar-refractivity contribution is 0.282. The predicted octanol–water partition coefficient (Wildman–Crippen LogP) is 5.75. The lowest BCUT2D eigenvalue weighted by Crippen LogP contribution is -2.21. The molecule has 0 amide bonds. The third-order valence-corrected chi connectivity index (χ3v) is 6.83. The molecule has 142 valence electrons. The van der Waals surface area contributed by atoms with E-state index in [1.807, 2.05) is 36.4 Å². The van der Waals surface area contributed by atoms with Crippen molar-refractivity contribution in [2.24, 2.45) is 0 Å². The molecule has 2 atom stereocenters. The zero-order chi connectivity index (χ0) is 19.6. The van der Waals surface area contributed by atoms with Crippen LogP contribution in [0.15, 0.2) is 94.3 Å². The standard InChI is InChI=1S/C23H19BrO3S/c24-19-11-13-20(14-12-19)28(25,26)27-16-23-21-9-5-4-8-18(21)10-15-22(23)17-6-2-1-3-7-17/h1-15,22-23H,16H2/t22-,23+/m1/s1. The van der Waals surface area contributed by atoms with Crippen LogP contribution >= 0.6 is 15.9 Å². The number of hydrogen-bond donors (Lipinski definition) is 0. The van der Waals surface area contributed by atoms with E-state index in [0.29, 0.717) is 0 Å². The molecule has 1 aliphatic rings. The number of benzene rings is 3. The third-order valence-electron chi connectivity index (χ3n) is 5.00. The van der Waals surface area contributed by atoms with E-state index in [9.17, 15) is 8.42 Å². The summed E-state index contributed by atoms with van der Waals surface area (Å²) in [6.07, 6.45) is 4.24. The minimum Gasteiger partial charge on any atom is -0.266 e. The Bertz CT molecular complexity index is 1090. The van der Waals surface area contributed by atoms with E-state index in [1.165, 1.54) is 0 Å². The molecule has 0 unspecified atom stereocenters. The summed E-state index contributed by atoms with van der Waals surface area (Å²) in [5, 5.41) is 0. The van der Waals surface area contributed by atoms with Crippen LogP contribution < -0.4 is 0 Å². The number of rotatable bonds is 5. The van der Waals surface area contributed by atoms with Crippen molar-refractivity contribution in [1.82, 2.24) is 0 Å². The van der Waals surface area contributed by atoms with E-state index in [4.69, 9.17) is 4.18 Å². The second kappa shape index (κ2) is 8.03. The molecule has 3 aromatic carbocycles. The van der Waals surface area contributed by atoms with Gasteiger partial charge in [0.05, 0.1) is 11.5 Å². The van der Waals surface area contributed by atoms with Crippen molar-refractivity contribution >= 4 is 32.1 Å². The molecule has 28 heavy (non-hydrogen) atoms. The van der Waals surface area contributed by atoms with Gasteiger partial charge in [-0.05, 0) is 41.0 Å². The van der Waals surface area contributed by atoms with Gasteiger partial charge in [0.2, 0.25) is 0 Å². The smallest absolute Gasteiger partial charge is 0.266 e. The van der Waals surface area contributed by atoms with Crippen LogP contribution in [0, 0.1) is 0 Å². The molecule has 0 saturated heterocycles.